The van der Waals surface area contributed by atoms with Gasteiger partial charge in [-0.05, 0) is 54.3 Å². The molecular formula is C25H31N. The predicted molar refractivity (Wildman–Crippen MR) is 116 cm³/mol. The fraction of sp³-hybridized carbons (Fsp3) is 0.280. The number of nitrogens with zero attached hydrogens (tertiary/aromatic N) is 1. The monoisotopic (exact) mass is 345 g/mol. The van der Waals surface area contributed by atoms with Gasteiger partial charge < -0.3 is 4.90 Å². The van der Waals surface area contributed by atoms with Crippen LogP contribution < -0.4 is 4.90 Å². The van der Waals surface area contributed by atoms with Crippen molar-refractivity contribution >= 4 is 17.1 Å². The number of rotatable bonds is 3. The smallest absolute Gasteiger partial charge is 0.0464 e. The number of hydrogen-bond donors (Lipinski definition) is 0. The highest BCUT2D eigenvalue weighted by Gasteiger charge is 2.17. The maximum absolute atomic E-state index is 2.31. The Bertz CT molecular complexity index is 796. The van der Waals surface area contributed by atoms with Crippen molar-refractivity contribution in [2.24, 2.45) is 0 Å². The molecular weight excluding hydrogens is 314 g/mol. The molecule has 0 fully saturated rings. The first-order valence-electron chi connectivity index (χ1n) is 9.47. The minimum Gasteiger partial charge on any atom is -0.310 e. The third-order valence-electron chi connectivity index (χ3n) is 4.28. The fourth-order valence-corrected chi connectivity index (χ4v) is 2.83. The summed E-state index contributed by atoms with van der Waals surface area (Å²) < 4.78 is 0. The Balaban J connectivity index is 0.00000117. The highest BCUT2D eigenvalue weighted by atomic mass is 15.1. The second kappa shape index (κ2) is 8.71. The molecule has 1 heteroatoms. The van der Waals surface area contributed by atoms with Crippen molar-refractivity contribution in [1.82, 2.24) is 0 Å². The molecule has 0 spiro atoms. The quantitative estimate of drug-likeness (QED) is 0.468. The van der Waals surface area contributed by atoms with Gasteiger partial charge in [0.05, 0.1) is 0 Å². The molecule has 0 aliphatic carbocycles. The molecule has 0 bridgehead atoms. The van der Waals surface area contributed by atoms with Crippen LogP contribution in [0, 0.1) is 6.92 Å². The molecule has 1 nitrogen and oxygen atoms in total. The Morgan fingerprint density at radius 3 is 1.73 bits per heavy atom. The SMILES string of the molecule is CC.Cc1ccc(N(c2ccccc2)c2cccc(C(C)(C)C)c2)cc1. The maximum Gasteiger partial charge on any atom is 0.0464 e. The van der Waals surface area contributed by atoms with Crippen LogP contribution in [0.2, 0.25) is 0 Å². The minimum absolute atomic E-state index is 0.131. The summed E-state index contributed by atoms with van der Waals surface area (Å²) in [7, 11) is 0. The number of benzene rings is 3. The van der Waals surface area contributed by atoms with E-state index in [0.717, 1.165) is 0 Å². The van der Waals surface area contributed by atoms with Crippen molar-refractivity contribution < 1.29 is 0 Å². The lowest BCUT2D eigenvalue weighted by molar-refractivity contribution is 0.590. The van der Waals surface area contributed by atoms with Gasteiger partial charge in [0.15, 0.2) is 0 Å². The molecule has 0 saturated carbocycles. The van der Waals surface area contributed by atoms with Gasteiger partial charge >= 0.3 is 0 Å². The molecule has 0 N–H and O–H groups in total. The summed E-state index contributed by atoms with van der Waals surface area (Å²) in [6.07, 6.45) is 0. The first kappa shape index (κ1) is 19.8. The summed E-state index contributed by atoms with van der Waals surface area (Å²) >= 11 is 0. The molecule has 136 valence electrons. The van der Waals surface area contributed by atoms with Gasteiger partial charge in [0.2, 0.25) is 0 Å². The van der Waals surface area contributed by atoms with Crippen LogP contribution in [0.25, 0.3) is 0 Å². The summed E-state index contributed by atoms with van der Waals surface area (Å²) in [6.45, 7) is 12.9. The molecule has 0 saturated heterocycles. The van der Waals surface area contributed by atoms with Crippen molar-refractivity contribution in [2.75, 3.05) is 4.90 Å². The standard InChI is InChI=1S/C23H25N.C2H6/c1-18-13-15-21(16-14-18)24(20-10-6-5-7-11-20)22-12-8-9-19(17-22)23(2,3)4;1-2/h5-17H,1-4H3;1-2H3. The molecule has 26 heavy (non-hydrogen) atoms. The lowest BCUT2D eigenvalue weighted by Gasteiger charge is -2.28. The molecule has 0 aromatic heterocycles. The third-order valence-corrected chi connectivity index (χ3v) is 4.28. The third kappa shape index (κ3) is 4.76. The molecule has 0 atom stereocenters. The first-order chi connectivity index (χ1) is 12.4. The van der Waals surface area contributed by atoms with E-state index < -0.39 is 0 Å². The predicted octanol–water partition coefficient (Wildman–Crippen LogP) is 7.79. The lowest BCUT2D eigenvalue weighted by Crippen LogP contribution is -2.14. The van der Waals surface area contributed by atoms with E-state index in [4.69, 9.17) is 0 Å². The summed E-state index contributed by atoms with van der Waals surface area (Å²) in [4.78, 5) is 2.31. The highest BCUT2D eigenvalue weighted by molar-refractivity contribution is 5.76. The number of aryl methyl sites for hydroxylation is 1. The van der Waals surface area contributed by atoms with E-state index in [-0.39, 0.29) is 5.41 Å². The molecule has 0 radical (unpaired) electrons. The molecule has 0 aliphatic rings. The molecule has 0 unspecified atom stereocenters. The maximum atomic E-state index is 2.31. The van der Waals surface area contributed by atoms with Crippen molar-refractivity contribution in [3.63, 3.8) is 0 Å². The van der Waals surface area contributed by atoms with Gasteiger partial charge in [-0.15, -0.1) is 0 Å². The van der Waals surface area contributed by atoms with E-state index in [0.29, 0.717) is 0 Å². The molecule has 0 aliphatic heterocycles. The summed E-state index contributed by atoms with van der Waals surface area (Å²) in [5.41, 5.74) is 6.29. The first-order valence-corrected chi connectivity index (χ1v) is 9.47. The van der Waals surface area contributed by atoms with Gasteiger partial charge in [-0.1, -0.05) is 82.6 Å². The Morgan fingerprint density at radius 2 is 1.15 bits per heavy atom. The zero-order valence-electron chi connectivity index (χ0n) is 17.0. The zero-order chi connectivity index (χ0) is 19.2. The molecule has 3 aromatic rings. The van der Waals surface area contributed by atoms with E-state index in [1.807, 2.05) is 13.8 Å². The minimum atomic E-state index is 0.131. The van der Waals surface area contributed by atoms with Crippen LogP contribution in [0.4, 0.5) is 17.1 Å². The highest BCUT2D eigenvalue weighted by Crippen LogP contribution is 2.36. The van der Waals surface area contributed by atoms with Crippen molar-refractivity contribution in [1.29, 1.82) is 0 Å². The van der Waals surface area contributed by atoms with E-state index in [2.05, 4.69) is 111 Å². The number of hydrogen-bond acceptors (Lipinski definition) is 1. The average Bonchev–Trinajstić information content (AvgIpc) is 2.66. The van der Waals surface area contributed by atoms with Gasteiger partial charge in [-0.3, -0.25) is 0 Å². The molecule has 0 heterocycles. The van der Waals surface area contributed by atoms with Crippen molar-refractivity contribution in [3.8, 4) is 0 Å². The Hall–Kier alpha value is -2.54. The van der Waals surface area contributed by atoms with Crippen LogP contribution in [-0.4, -0.2) is 0 Å². The van der Waals surface area contributed by atoms with Crippen molar-refractivity contribution in [2.45, 2.75) is 47.0 Å². The van der Waals surface area contributed by atoms with Gasteiger partial charge in [0, 0.05) is 17.1 Å². The van der Waals surface area contributed by atoms with Crippen LogP contribution in [0.1, 0.15) is 45.7 Å². The topological polar surface area (TPSA) is 3.24 Å². The second-order valence-corrected chi connectivity index (χ2v) is 7.31. The van der Waals surface area contributed by atoms with Crippen LogP contribution >= 0.6 is 0 Å². The van der Waals surface area contributed by atoms with Crippen molar-refractivity contribution in [3.05, 3.63) is 90.0 Å². The van der Waals surface area contributed by atoms with E-state index >= 15 is 0 Å². The van der Waals surface area contributed by atoms with Crippen LogP contribution in [0.5, 0.6) is 0 Å². The second-order valence-electron chi connectivity index (χ2n) is 7.31. The lowest BCUT2D eigenvalue weighted by atomic mass is 9.87. The fourth-order valence-electron chi connectivity index (χ4n) is 2.83. The van der Waals surface area contributed by atoms with Crippen LogP contribution in [0.15, 0.2) is 78.9 Å². The summed E-state index contributed by atoms with van der Waals surface area (Å²) in [6, 6.07) is 28.1. The molecule has 3 aromatic carbocycles. The Labute approximate surface area is 159 Å². The molecule has 0 amide bonds. The normalized spacial score (nSPS) is 10.7. The van der Waals surface area contributed by atoms with Crippen LogP contribution in [0.3, 0.4) is 0 Å². The van der Waals surface area contributed by atoms with Gasteiger partial charge in [-0.25, -0.2) is 0 Å². The Kier molecular flexibility index (Phi) is 6.63. The summed E-state index contributed by atoms with van der Waals surface area (Å²) in [5.74, 6) is 0. The zero-order valence-corrected chi connectivity index (χ0v) is 17.0. The number of para-hydroxylation sites is 1. The average molecular weight is 346 g/mol. The molecule has 3 rings (SSSR count). The van der Waals surface area contributed by atoms with Gasteiger partial charge in [0.25, 0.3) is 0 Å². The number of anilines is 3. The van der Waals surface area contributed by atoms with Crippen LogP contribution in [-0.2, 0) is 5.41 Å². The van der Waals surface area contributed by atoms with E-state index in [1.165, 1.54) is 28.2 Å². The Morgan fingerprint density at radius 1 is 0.615 bits per heavy atom. The summed E-state index contributed by atoms with van der Waals surface area (Å²) in [5, 5.41) is 0. The van der Waals surface area contributed by atoms with E-state index in [1.54, 1.807) is 0 Å². The largest absolute Gasteiger partial charge is 0.310 e. The van der Waals surface area contributed by atoms with E-state index in [9.17, 15) is 0 Å². The van der Waals surface area contributed by atoms with Gasteiger partial charge in [0.1, 0.15) is 0 Å². The van der Waals surface area contributed by atoms with Gasteiger partial charge in [-0.2, -0.15) is 0 Å².